The number of nitrogens with zero attached hydrogens (tertiary/aromatic N) is 3. The van der Waals surface area contributed by atoms with Gasteiger partial charge in [-0.2, -0.15) is 10.5 Å². The molecule has 3 aromatic carbocycles. The third-order valence-corrected chi connectivity index (χ3v) is 8.42. The number of hydrogen-bond donors (Lipinski definition) is 2. The normalized spacial score (nSPS) is 19.4. The van der Waals surface area contributed by atoms with Gasteiger partial charge in [-0.05, 0) is 119 Å². The molecule has 5 heteroatoms. The van der Waals surface area contributed by atoms with Gasteiger partial charge in [0.1, 0.15) is 11.5 Å². The average Bonchev–Trinajstić information content (AvgIpc) is 3.05. The monoisotopic (exact) mass is 561 g/mol. The smallest absolute Gasteiger partial charge is 0.123 e. The van der Waals surface area contributed by atoms with Gasteiger partial charge in [-0.25, -0.2) is 0 Å². The molecule has 0 saturated carbocycles. The van der Waals surface area contributed by atoms with Crippen molar-refractivity contribution in [1.82, 2.24) is 0 Å². The Morgan fingerprint density at radius 3 is 2.19 bits per heavy atom. The van der Waals surface area contributed by atoms with E-state index in [0.29, 0.717) is 23.1 Å². The minimum atomic E-state index is -0.497. The van der Waals surface area contributed by atoms with E-state index in [9.17, 15) is 20.7 Å². The van der Waals surface area contributed by atoms with Gasteiger partial charge >= 0.3 is 0 Å². The van der Waals surface area contributed by atoms with Crippen molar-refractivity contribution in [2.45, 2.75) is 38.0 Å². The van der Waals surface area contributed by atoms with E-state index in [4.69, 9.17) is 0 Å². The van der Waals surface area contributed by atoms with Crippen LogP contribution in [0, 0.1) is 22.7 Å². The van der Waals surface area contributed by atoms with Gasteiger partial charge in [-0.3, -0.25) is 4.99 Å². The zero-order valence-electron chi connectivity index (χ0n) is 24.0. The maximum absolute atomic E-state index is 10.8. The highest BCUT2D eigenvalue weighted by Crippen LogP contribution is 2.42. The summed E-state index contributed by atoms with van der Waals surface area (Å²) in [4.78, 5) is 4.53. The molecule has 2 N–H and O–H groups in total. The first-order valence-corrected chi connectivity index (χ1v) is 14.5. The minimum absolute atomic E-state index is 0.171. The number of hydrogen-bond acceptors (Lipinski definition) is 5. The third kappa shape index (κ3) is 5.59. The maximum Gasteiger partial charge on any atom is 0.123 e. The van der Waals surface area contributed by atoms with Crippen LogP contribution in [0.2, 0.25) is 0 Å². The van der Waals surface area contributed by atoms with E-state index in [-0.39, 0.29) is 11.5 Å². The lowest BCUT2D eigenvalue weighted by atomic mass is 9.73. The number of allylic oxidation sites excluding steroid dienone is 9. The van der Waals surface area contributed by atoms with Gasteiger partial charge in [-0.1, -0.05) is 43.4 Å². The van der Waals surface area contributed by atoms with Crippen molar-refractivity contribution in [3.05, 3.63) is 130 Å². The summed E-state index contributed by atoms with van der Waals surface area (Å²) in [6.45, 7) is 2.88. The highest BCUT2D eigenvalue weighted by Gasteiger charge is 2.29. The molecule has 0 fully saturated rings. The lowest BCUT2D eigenvalue weighted by molar-refractivity contribution is 0.449. The first-order valence-electron chi connectivity index (χ1n) is 14.5. The van der Waals surface area contributed by atoms with Gasteiger partial charge in [0, 0.05) is 29.3 Å². The van der Waals surface area contributed by atoms with Crippen LogP contribution in [-0.2, 0) is 5.41 Å². The van der Waals surface area contributed by atoms with Gasteiger partial charge < -0.3 is 10.2 Å². The van der Waals surface area contributed by atoms with Gasteiger partial charge in [0.2, 0.25) is 0 Å². The summed E-state index contributed by atoms with van der Waals surface area (Å²) in [7, 11) is 0. The lowest BCUT2D eigenvalue weighted by Crippen LogP contribution is -2.21. The van der Waals surface area contributed by atoms with Crippen LogP contribution in [-0.4, -0.2) is 23.0 Å². The Morgan fingerprint density at radius 2 is 1.47 bits per heavy atom. The van der Waals surface area contributed by atoms with Crippen LogP contribution in [0.3, 0.4) is 0 Å². The predicted molar refractivity (Wildman–Crippen MR) is 172 cm³/mol. The van der Waals surface area contributed by atoms with Gasteiger partial charge in [0.15, 0.2) is 0 Å². The molecule has 0 spiro atoms. The predicted octanol–water partition coefficient (Wildman–Crippen LogP) is 8.26. The Balaban J connectivity index is 1.47. The maximum atomic E-state index is 10.8. The molecule has 210 valence electrons. The van der Waals surface area contributed by atoms with E-state index in [1.165, 1.54) is 0 Å². The Morgan fingerprint density at radius 1 is 0.791 bits per heavy atom. The molecular formula is C38H31N3O2. The molecule has 1 aliphatic heterocycles. The van der Waals surface area contributed by atoms with Crippen LogP contribution in [0.25, 0.3) is 22.3 Å². The molecule has 1 unspecified atom stereocenters. The van der Waals surface area contributed by atoms with Gasteiger partial charge in [0.25, 0.3) is 0 Å². The van der Waals surface area contributed by atoms with Crippen LogP contribution < -0.4 is 0 Å². The molecule has 2 aliphatic carbocycles. The van der Waals surface area contributed by atoms with Crippen LogP contribution in [0.5, 0.6) is 11.5 Å². The molecule has 6 rings (SSSR count). The van der Waals surface area contributed by atoms with Crippen molar-refractivity contribution in [3.8, 4) is 23.6 Å². The van der Waals surface area contributed by atoms with E-state index < -0.39 is 5.41 Å². The lowest BCUT2D eigenvalue weighted by Gasteiger charge is -2.30. The SMILES string of the molecule is CC1(c2cc(C#N)ccc2O)C=C(c2cc(C3=CCCN=C3)cc(C3=CCCC(c4cc(C#N)ccc4O)=C3)c2)C=CC1. The summed E-state index contributed by atoms with van der Waals surface area (Å²) in [5.41, 5.74) is 9.29. The fraction of sp³-hybridized carbons (Fsp3) is 0.184. The first-order chi connectivity index (χ1) is 20.9. The largest absolute Gasteiger partial charge is 0.508 e. The second-order valence-corrected chi connectivity index (χ2v) is 11.5. The van der Waals surface area contributed by atoms with Crippen LogP contribution in [0.15, 0.2) is 96.0 Å². The molecule has 1 atom stereocenters. The number of aromatic hydroxyl groups is 2. The molecule has 3 aromatic rings. The number of phenolic OH excluding ortho intramolecular Hbond substituents is 2. The van der Waals surface area contributed by atoms with Crippen molar-refractivity contribution in [3.63, 3.8) is 0 Å². The Labute approximate surface area is 252 Å². The van der Waals surface area contributed by atoms with Gasteiger partial charge in [0.05, 0.1) is 23.3 Å². The van der Waals surface area contributed by atoms with Crippen molar-refractivity contribution >= 4 is 28.5 Å². The van der Waals surface area contributed by atoms with E-state index >= 15 is 0 Å². The minimum Gasteiger partial charge on any atom is -0.508 e. The summed E-state index contributed by atoms with van der Waals surface area (Å²) >= 11 is 0. The van der Waals surface area contributed by atoms with Crippen LogP contribution in [0.4, 0.5) is 0 Å². The molecule has 0 amide bonds. The van der Waals surface area contributed by atoms with Crippen LogP contribution >= 0.6 is 0 Å². The first kappa shape index (κ1) is 27.8. The molecule has 5 nitrogen and oxygen atoms in total. The zero-order valence-corrected chi connectivity index (χ0v) is 24.0. The summed E-state index contributed by atoms with van der Waals surface area (Å²) in [6.07, 6.45) is 18.1. The Kier molecular flexibility index (Phi) is 7.41. The second-order valence-electron chi connectivity index (χ2n) is 11.5. The van der Waals surface area contributed by atoms with E-state index in [0.717, 1.165) is 70.4 Å². The number of dihydropyridines is 1. The fourth-order valence-electron chi connectivity index (χ4n) is 6.12. The second kappa shape index (κ2) is 11.5. The number of phenols is 2. The fourth-order valence-corrected chi connectivity index (χ4v) is 6.12. The molecule has 0 saturated heterocycles. The molecule has 0 bridgehead atoms. The van der Waals surface area contributed by atoms with E-state index in [1.54, 1.807) is 36.4 Å². The topological polar surface area (TPSA) is 100 Å². The highest BCUT2D eigenvalue weighted by atomic mass is 16.3. The van der Waals surface area contributed by atoms with E-state index in [2.05, 4.69) is 78.7 Å². The summed E-state index contributed by atoms with van der Waals surface area (Å²) < 4.78 is 0. The highest BCUT2D eigenvalue weighted by molar-refractivity contribution is 6.11. The number of benzene rings is 3. The number of aliphatic imine (C=N–C) groups is 1. The van der Waals surface area contributed by atoms with Crippen molar-refractivity contribution in [2.75, 3.05) is 6.54 Å². The van der Waals surface area contributed by atoms with Crippen molar-refractivity contribution in [2.24, 2.45) is 4.99 Å². The molecular weight excluding hydrogens is 530 g/mol. The molecule has 0 aromatic heterocycles. The Bertz CT molecular complexity index is 1910. The molecule has 0 radical (unpaired) electrons. The number of rotatable bonds is 5. The summed E-state index contributed by atoms with van der Waals surface area (Å²) in [5, 5.41) is 40.3. The quantitative estimate of drug-likeness (QED) is 0.327. The third-order valence-electron chi connectivity index (χ3n) is 8.42. The van der Waals surface area contributed by atoms with Gasteiger partial charge in [-0.15, -0.1) is 0 Å². The number of nitriles is 2. The van der Waals surface area contributed by atoms with Crippen molar-refractivity contribution < 1.29 is 10.2 Å². The van der Waals surface area contributed by atoms with E-state index in [1.807, 2.05) is 6.21 Å². The zero-order chi connectivity index (χ0) is 30.0. The molecule has 3 aliphatic rings. The van der Waals surface area contributed by atoms with Crippen LogP contribution in [0.1, 0.15) is 71.6 Å². The van der Waals surface area contributed by atoms with Crippen molar-refractivity contribution in [1.29, 1.82) is 10.5 Å². The summed E-state index contributed by atoms with van der Waals surface area (Å²) in [6, 6.07) is 20.9. The molecule has 43 heavy (non-hydrogen) atoms. The Hall–Kier alpha value is -5.39. The molecule has 1 heterocycles. The standard InChI is InChI=1S/C38H31N3O2/c1-38(35-16-26(23-40)10-12-37(35)43)13-3-7-29(21-38)32-18-31(19-33(20-32)30-8-4-14-41-24-30)27-5-2-6-28(17-27)34-15-25(22-39)9-11-36(34)42/h3,5,7-12,15-21,24,42-43H,2,4,6,13-14H2,1H3. The average molecular weight is 562 g/mol. The summed E-state index contributed by atoms with van der Waals surface area (Å²) in [5.74, 6) is 0.351.